The van der Waals surface area contributed by atoms with Crippen LogP contribution >= 0.6 is 0 Å². The van der Waals surface area contributed by atoms with Crippen LogP contribution in [0.2, 0.25) is 0 Å². The molecule has 0 amide bonds. The summed E-state index contributed by atoms with van der Waals surface area (Å²) >= 11 is 0. The van der Waals surface area contributed by atoms with Gasteiger partial charge in [0, 0.05) is 11.6 Å². The van der Waals surface area contributed by atoms with Gasteiger partial charge in [0.05, 0.1) is 10.9 Å². The zero-order valence-electron chi connectivity index (χ0n) is 7.11. The summed E-state index contributed by atoms with van der Waals surface area (Å²) in [5, 5.41) is 20.2. The first-order valence-electron chi connectivity index (χ1n) is 4.16. The second-order valence-electron chi connectivity index (χ2n) is 3.19. The number of fused-ring (bicyclic) bond motifs is 2. The molecule has 70 valence electrons. The Balaban J connectivity index is 2.56. The maximum atomic E-state index is 9.44. The zero-order chi connectivity index (χ0) is 9.71. The van der Waals surface area contributed by atoms with Crippen LogP contribution in [0.1, 0.15) is 0 Å². The molecule has 3 aromatic rings. The maximum Gasteiger partial charge on any atom is 0.161 e. The Labute approximate surface area is 78.4 Å². The van der Waals surface area contributed by atoms with Crippen molar-refractivity contribution in [3.63, 3.8) is 0 Å². The molecule has 2 aromatic heterocycles. The van der Waals surface area contributed by atoms with Gasteiger partial charge >= 0.3 is 0 Å². The lowest BCUT2D eigenvalue weighted by Gasteiger charge is -1.91. The fraction of sp³-hybridized carbons (Fsp3) is 0. The molecule has 4 heteroatoms. The lowest BCUT2D eigenvalue weighted by molar-refractivity contribution is 0.464. The Morgan fingerprint density at radius 3 is 2.79 bits per heavy atom. The third kappa shape index (κ3) is 0.771. The largest absolute Gasteiger partial charge is 0.506 e. The van der Waals surface area contributed by atoms with E-state index in [1.807, 2.05) is 0 Å². The topological polar surface area (TPSA) is 69.4 Å². The number of hydrogen-bond acceptors (Lipinski definition) is 3. The van der Waals surface area contributed by atoms with Gasteiger partial charge in [-0.05, 0) is 12.1 Å². The number of aromatic amines is 1. The summed E-state index contributed by atoms with van der Waals surface area (Å²) in [7, 11) is 0. The molecule has 0 bridgehead atoms. The predicted octanol–water partition coefficient (Wildman–Crippen LogP) is 2.33. The third-order valence-electron chi connectivity index (χ3n) is 2.33. The van der Waals surface area contributed by atoms with E-state index in [-0.39, 0.29) is 11.5 Å². The van der Waals surface area contributed by atoms with E-state index < -0.39 is 0 Å². The molecule has 0 spiro atoms. The molecule has 0 unspecified atom stereocenters. The van der Waals surface area contributed by atoms with Crippen molar-refractivity contribution in [1.82, 2.24) is 4.98 Å². The molecule has 0 radical (unpaired) electrons. The van der Waals surface area contributed by atoms with Crippen molar-refractivity contribution in [2.24, 2.45) is 0 Å². The highest BCUT2D eigenvalue weighted by molar-refractivity contribution is 5.99. The smallest absolute Gasteiger partial charge is 0.161 e. The molecule has 1 aromatic carbocycles. The summed E-state index contributed by atoms with van der Waals surface area (Å²) in [6.07, 6.45) is 2.78. The van der Waals surface area contributed by atoms with Crippen molar-refractivity contribution >= 4 is 21.9 Å². The summed E-state index contributed by atoms with van der Waals surface area (Å²) in [5.41, 5.74) is 1.33. The van der Waals surface area contributed by atoms with Crippen molar-refractivity contribution in [3.05, 3.63) is 24.6 Å². The monoisotopic (exact) mass is 189 g/mol. The molecule has 0 atom stereocenters. The minimum atomic E-state index is 0.107. The van der Waals surface area contributed by atoms with Crippen LogP contribution in [0, 0.1) is 0 Å². The van der Waals surface area contributed by atoms with E-state index in [9.17, 15) is 10.2 Å². The fourth-order valence-corrected chi connectivity index (χ4v) is 1.62. The van der Waals surface area contributed by atoms with Crippen LogP contribution in [0.5, 0.6) is 11.5 Å². The second kappa shape index (κ2) is 2.23. The van der Waals surface area contributed by atoms with Gasteiger partial charge in [0.25, 0.3) is 0 Å². The zero-order valence-corrected chi connectivity index (χ0v) is 7.11. The number of aromatic hydroxyl groups is 2. The first-order chi connectivity index (χ1) is 6.75. The predicted molar refractivity (Wildman–Crippen MR) is 51.4 cm³/mol. The molecule has 0 aliphatic carbocycles. The molecule has 0 fully saturated rings. The number of furan rings is 1. The lowest BCUT2D eigenvalue weighted by atomic mass is 10.2. The highest BCUT2D eigenvalue weighted by Crippen LogP contribution is 2.33. The molecule has 3 rings (SSSR count). The van der Waals surface area contributed by atoms with E-state index in [4.69, 9.17) is 4.42 Å². The van der Waals surface area contributed by atoms with Gasteiger partial charge in [-0.3, -0.25) is 0 Å². The van der Waals surface area contributed by atoms with Crippen LogP contribution in [0.25, 0.3) is 21.9 Å². The summed E-state index contributed by atoms with van der Waals surface area (Å²) in [4.78, 5) is 2.89. The Morgan fingerprint density at radius 1 is 1.07 bits per heavy atom. The van der Waals surface area contributed by atoms with Crippen LogP contribution in [0.3, 0.4) is 0 Å². The van der Waals surface area contributed by atoms with E-state index in [0.29, 0.717) is 16.4 Å². The normalized spacial score (nSPS) is 11.4. The molecule has 2 heterocycles. The molecule has 0 saturated heterocycles. The average molecular weight is 189 g/mol. The summed E-state index contributed by atoms with van der Waals surface area (Å²) in [5.74, 6) is 0.286. The van der Waals surface area contributed by atoms with Gasteiger partial charge in [0.1, 0.15) is 17.6 Å². The molecule has 3 N–H and O–H groups in total. The van der Waals surface area contributed by atoms with E-state index >= 15 is 0 Å². The number of benzene rings is 1. The van der Waals surface area contributed by atoms with Gasteiger partial charge in [0.15, 0.2) is 5.75 Å². The van der Waals surface area contributed by atoms with Gasteiger partial charge in [-0.1, -0.05) is 0 Å². The van der Waals surface area contributed by atoms with Crippen LogP contribution in [0.15, 0.2) is 29.0 Å². The first-order valence-corrected chi connectivity index (χ1v) is 4.16. The van der Waals surface area contributed by atoms with Crippen molar-refractivity contribution < 1.29 is 14.6 Å². The number of hydrogen-bond donors (Lipinski definition) is 3. The Kier molecular flexibility index (Phi) is 1.16. The van der Waals surface area contributed by atoms with E-state index in [0.717, 1.165) is 5.52 Å². The van der Waals surface area contributed by atoms with Crippen molar-refractivity contribution in [2.75, 3.05) is 0 Å². The van der Waals surface area contributed by atoms with Crippen LogP contribution in [-0.4, -0.2) is 15.2 Å². The van der Waals surface area contributed by atoms with Gasteiger partial charge < -0.3 is 19.6 Å². The van der Waals surface area contributed by atoms with Gasteiger partial charge in [0.2, 0.25) is 0 Å². The number of aromatic nitrogens is 1. The van der Waals surface area contributed by atoms with E-state index in [1.165, 1.54) is 12.5 Å². The van der Waals surface area contributed by atoms with Gasteiger partial charge in [-0.25, -0.2) is 0 Å². The average Bonchev–Trinajstić information content (AvgIpc) is 2.71. The summed E-state index contributed by atoms with van der Waals surface area (Å²) in [6.45, 7) is 0. The molecule has 14 heavy (non-hydrogen) atoms. The minimum absolute atomic E-state index is 0.107. The molecular formula is C10H7NO3. The van der Waals surface area contributed by atoms with Crippen LogP contribution in [0.4, 0.5) is 0 Å². The minimum Gasteiger partial charge on any atom is -0.506 e. The molecule has 0 aliphatic heterocycles. The lowest BCUT2D eigenvalue weighted by Crippen LogP contribution is -1.68. The molecule has 4 nitrogen and oxygen atoms in total. The number of nitrogens with one attached hydrogen (secondary N) is 1. The number of H-pyrrole nitrogens is 1. The molecule has 0 aliphatic rings. The highest BCUT2D eigenvalue weighted by atomic mass is 16.4. The standard InChI is InChI=1S/C10H7NO3/c12-8-3-11-7-1-6-9(13)4-14-10(6)2-5(7)8/h1-4,11-13H. The molecule has 0 saturated carbocycles. The Hall–Kier alpha value is -2.10. The van der Waals surface area contributed by atoms with Crippen molar-refractivity contribution in [2.45, 2.75) is 0 Å². The van der Waals surface area contributed by atoms with Gasteiger partial charge in [-0.15, -0.1) is 0 Å². The Bertz CT molecular complexity index is 564. The SMILES string of the molecule is Oc1c[nH]c2cc3c(O)coc3cc12. The van der Waals surface area contributed by atoms with Crippen molar-refractivity contribution in [3.8, 4) is 11.5 Å². The first kappa shape index (κ1) is 7.32. The maximum absolute atomic E-state index is 9.44. The van der Waals surface area contributed by atoms with Crippen molar-refractivity contribution in [1.29, 1.82) is 0 Å². The van der Waals surface area contributed by atoms with E-state index in [1.54, 1.807) is 12.1 Å². The third-order valence-corrected chi connectivity index (χ3v) is 2.33. The highest BCUT2D eigenvalue weighted by Gasteiger charge is 2.09. The van der Waals surface area contributed by atoms with E-state index in [2.05, 4.69) is 4.98 Å². The van der Waals surface area contributed by atoms with Gasteiger partial charge in [-0.2, -0.15) is 0 Å². The van der Waals surface area contributed by atoms with Crippen LogP contribution in [-0.2, 0) is 0 Å². The van der Waals surface area contributed by atoms with Crippen LogP contribution < -0.4 is 0 Å². The fourth-order valence-electron chi connectivity index (χ4n) is 1.62. The summed E-state index contributed by atoms with van der Waals surface area (Å²) < 4.78 is 5.11. The Morgan fingerprint density at radius 2 is 1.93 bits per heavy atom. The summed E-state index contributed by atoms with van der Waals surface area (Å²) in [6, 6.07) is 3.43. The number of rotatable bonds is 0. The quantitative estimate of drug-likeness (QED) is 0.508. The molecular weight excluding hydrogens is 182 g/mol. The second-order valence-corrected chi connectivity index (χ2v) is 3.19.